The first-order chi connectivity index (χ1) is 10.1. The number of alkyl halides is 4. The molecule has 0 heterocycles. The molecule has 1 fully saturated rings. The Bertz CT molecular complexity index is 641. The van der Waals surface area contributed by atoms with Crippen LogP contribution in [-0.4, -0.2) is 20.7 Å². The first-order valence-corrected chi connectivity index (χ1v) is 8.99. The maximum absolute atomic E-state index is 6.66. The quantitative estimate of drug-likeness (QED) is 0.482. The minimum atomic E-state index is -1.51. The molecule has 0 saturated heterocycles. The molecule has 3 rings (SSSR count). The van der Waals surface area contributed by atoms with Crippen molar-refractivity contribution in [1.82, 2.24) is 0 Å². The SMILES string of the molecule is ClC1=C(Cl)[C@@]2(Cl)C[C@H](COc3ccc(Cl)cc3)[C@@]1(Cl)C2(Cl)Cl. The van der Waals surface area contributed by atoms with E-state index in [2.05, 4.69) is 0 Å². The summed E-state index contributed by atoms with van der Waals surface area (Å²) in [7, 11) is 0. The molecule has 0 spiro atoms. The summed E-state index contributed by atoms with van der Waals surface area (Å²) >= 11 is 44.3. The lowest BCUT2D eigenvalue weighted by atomic mass is 9.93. The fourth-order valence-corrected chi connectivity index (χ4v) is 5.89. The van der Waals surface area contributed by atoms with Gasteiger partial charge in [0, 0.05) is 10.9 Å². The summed E-state index contributed by atoms with van der Waals surface area (Å²) in [5, 5.41) is 1.02. The lowest BCUT2D eigenvalue weighted by molar-refractivity contribution is 0.234. The van der Waals surface area contributed by atoms with Crippen molar-refractivity contribution in [2.45, 2.75) is 20.5 Å². The topological polar surface area (TPSA) is 9.23 Å². The average Bonchev–Trinajstić information content (AvgIpc) is 2.69. The zero-order valence-corrected chi connectivity index (χ0v) is 16.1. The van der Waals surface area contributed by atoms with E-state index in [1.54, 1.807) is 24.3 Å². The number of benzene rings is 1. The summed E-state index contributed by atoms with van der Waals surface area (Å²) in [5.41, 5.74) is 0. The fourth-order valence-electron chi connectivity index (χ4n) is 2.93. The molecule has 22 heavy (non-hydrogen) atoms. The largest absolute Gasteiger partial charge is 0.493 e. The Morgan fingerprint density at radius 1 is 0.955 bits per heavy atom. The Kier molecular flexibility index (Phi) is 4.53. The molecule has 0 N–H and O–H groups in total. The molecular weight excluding hydrogens is 432 g/mol. The lowest BCUT2D eigenvalue weighted by Gasteiger charge is -2.33. The molecule has 2 bridgehead atoms. The van der Waals surface area contributed by atoms with E-state index in [4.69, 9.17) is 85.9 Å². The van der Waals surface area contributed by atoms with Gasteiger partial charge in [0.1, 0.15) is 15.5 Å². The number of hydrogen-bond acceptors (Lipinski definition) is 1. The Balaban J connectivity index is 1.84. The van der Waals surface area contributed by atoms with E-state index in [1.165, 1.54) is 0 Å². The zero-order valence-electron chi connectivity index (χ0n) is 10.9. The fraction of sp³-hybridized carbons (Fsp3) is 0.429. The molecule has 1 aromatic rings. The van der Waals surface area contributed by atoms with E-state index in [-0.39, 0.29) is 22.6 Å². The molecule has 0 unspecified atom stereocenters. The number of ether oxygens (including phenoxy) is 1. The van der Waals surface area contributed by atoms with Crippen molar-refractivity contribution in [3.8, 4) is 5.75 Å². The summed E-state index contributed by atoms with van der Waals surface area (Å²) in [6.45, 7) is 0.251. The third-order valence-corrected chi connectivity index (χ3v) is 8.75. The van der Waals surface area contributed by atoms with Crippen LogP contribution in [0.1, 0.15) is 6.42 Å². The monoisotopic (exact) mass is 438 g/mol. The molecule has 0 amide bonds. The molecule has 2 aliphatic rings. The van der Waals surface area contributed by atoms with Crippen molar-refractivity contribution in [2.75, 3.05) is 6.61 Å². The first kappa shape index (κ1) is 17.6. The van der Waals surface area contributed by atoms with E-state index >= 15 is 0 Å². The van der Waals surface area contributed by atoms with E-state index in [1.807, 2.05) is 0 Å². The van der Waals surface area contributed by atoms with Gasteiger partial charge >= 0.3 is 0 Å². The molecule has 0 radical (unpaired) electrons. The molecule has 1 saturated carbocycles. The third kappa shape index (κ3) is 2.20. The Labute approximate surface area is 163 Å². The van der Waals surface area contributed by atoms with Gasteiger partial charge in [-0.25, -0.2) is 0 Å². The number of hydrogen-bond donors (Lipinski definition) is 0. The van der Waals surface area contributed by atoms with Crippen LogP contribution in [0.4, 0.5) is 0 Å². The van der Waals surface area contributed by atoms with Gasteiger partial charge in [0.2, 0.25) is 0 Å². The lowest BCUT2D eigenvalue weighted by Crippen LogP contribution is -2.45. The van der Waals surface area contributed by atoms with Crippen LogP contribution in [0.25, 0.3) is 0 Å². The van der Waals surface area contributed by atoms with E-state index < -0.39 is 14.1 Å². The predicted octanol–water partition coefficient (Wildman–Crippen LogP) is 6.57. The molecule has 2 aliphatic carbocycles. The van der Waals surface area contributed by atoms with Gasteiger partial charge in [-0.2, -0.15) is 0 Å². The Morgan fingerprint density at radius 2 is 1.55 bits per heavy atom. The van der Waals surface area contributed by atoms with E-state index in [0.29, 0.717) is 17.2 Å². The number of fused-ring (bicyclic) bond motifs is 2. The first-order valence-electron chi connectivity index (χ1n) is 6.35. The van der Waals surface area contributed by atoms with Crippen molar-refractivity contribution in [3.63, 3.8) is 0 Å². The van der Waals surface area contributed by atoms with E-state index in [9.17, 15) is 0 Å². The van der Waals surface area contributed by atoms with Crippen LogP contribution in [0, 0.1) is 5.92 Å². The van der Waals surface area contributed by atoms with Crippen molar-refractivity contribution in [2.24, 2.45) is 5.92 Å². The molecular formula is C14H9Cl7O. The van der Waals surface area contributed by atoms with Crippen molar-refractivity contribution < 1.29 is 4.74 Å². The van der Waals surface area contributed by atoms with Gasteiger partial charge in [0.05, 0.1) is 16.7 Å². The summed E-state index contributed by atoms with van der Waals surface area (Å²) < 4.78 is 4.23. The minimum Gasteiger partial charge on any atom is -0.493 e. The second kappa shape index (κ2) is 5.66. The van der Waals surface area contributed by atoms with Crippen molar-refractivity contribution in [1.29, 1.82) is 0 Å². The van der Waals surface area contributed by atoms with Crippen LogP contribution in [0.5, 0.6) is 5.75 Å². The Hall–Kier alpha value is 0.790. The highest BCUT2D eigenvalue weighted by Crippen LogP contribution is 2.74. The standard InChI is InChI=1S/C14H9Cl7O/c15-8-1-3-9(4-2-8)22-6-7-5-12(18)10(16)11(17)13(7,19)14(12,20)21/h1-4,7H,5-6H2/t7-,12+,13+/m1/s1. The predicted molar refractivity (Wildman–Crippen MR) is 95.4 cm³/mol. The van der Waals surface area contributed by atoms with Crippen molar-refractivity contribution >= 4 is 81.2 Å². The van der Waals surface area contributed by atoms with Crippen LogP contribution in [-0.2, 0) is 0 Å². The van der Waals surface area contributed by atoms with Gasteiger partial charge in [-0.3, -0.25) is 0 Å². The van der Waals surface area contributed by atoms with Gasteiger partial charge < -0.3 is 4.74 Å². The van der Waals surface area contributed by atoms with Gasteiger partial charge in [-0.05, 0) is 30.7 Å². The highest BCUT2D eigenvalue weighted by Gasteiger charge is 2.78. The van der Waals surface area contributed by atoms with Crippen LogP contribution in [0.3, 0.4) is 0 Å². The third-order valence-electron chi connectivity index (χ3n) is 4.17. The van der Waals surface area contributed by atoms with Gasteiger partial charge in [-0.15, -0.1) is 23.2 Å². The summed E-state index contributed by atoms with van der Waals surface area (Å²) in [5.74, 6) is 0.365. The van der Waals surface area contributed by atoms with Gasteiger partial charge in [0.25, 0.3) is 0 Å². The maximum Gasteiger partial charge on any atom is 0.166 e. The molecule has 8 heteroatoms. The Morgan fingerprint density at radius 3 is 2.05 bits per heavy atom. The summed E-state index contributed by atoms with van der Waals surface area (Å²) in [6, 6.07) is 6.97. The van der Waals surface area contributed by atoms with Crippen LogP contribution < -0.4 is 4.74 Å². The molecule has 3 atom stereocenters. The second-order valence-electron chi connectivity index (χ2n) is 5.38. The zero-order chi connectivity index (χ0) is 16.3. The van der Waals surface area contributed by atoms with Crippen LogP contribution in [0.15, 0.2) is 34.3 Å². The van der Waals surface area contributed by atoms with Gasteiger partial charge in [0.15, 0.2) is 4.33 Å². The van der Waals surface area contributed by atoms with Crippen LogP contribution >= 0.6 is 81.2 Å². The van der Waals surface area contributed by atoms with Crippen molar-refractivity contribution in [3.05, 3.63) is 39.4 Å². The highest BCUT2D eigenvalue weighted by atomic mass is 35.5. The minimum absolute atomic E-state index is 0.187. The molecule has 0 aromatic heterocycles. The molecule has 120 valence electrons. The molecule has 1 aromatic carbocycles. The number of halogens is 7. The number of allylic oxidation sites excluding steroid dienone is 2. The molecule has 0 aliphatic heterocycles. The summed E-state index contributed by atoms with van der Waals surface area (Å²) in [4.78, 5) is -2.48. The normalized spacial score (nSPS) is 36.0. The number of rotatable bonds is 3. The maximum atomic E-state index is 6.66. The highest BCUT2D eigenvalue weighted by molar-refractivity contribution is 6.65. The van der Waals surface area contributed by atoms with Crippen LogP contribution in [0.2, 0.25) is 5.02 Å². The van der Waals surface area contributed by atoms with E-state index in [0.717, 1.165) is 0 Å². The smallest absolute Gasteiger partial charge is 0.166 e. The molecule has 1 nitrogen and oxygen atoms in total. The average molecular weight is 441 g/mol. The van der Waals surface area contributed by atoms with Gasteiger partial charge in [-0.1, -0.05) is 58.0 Å². The summed E-state index contributed by atoms with van der Waals surface area (Å²) in [6.07, 6.45) is 0.369. The second-order valence-corrected chi connectivity index (χ2v) is 9.14.